The van der Waals surface area contributed by atoms with Crippen molar-refractivity contribution in [3.8, 4) is 0 Å². The Morgan fingerprint density at radius 1 is 1.05 bits per heavy atom. The van der Waals surface area contributed by atoms with Gasteiger partial charge in [0.1, 0.15) is 11.1 Å². The maximum absolute atomic E-state index is 13.6. The molecule has 0 saturated carbocycles. The molecule has 2 aliphatic heterocycles. The monoisotopic (exact) mass is 516 g/mol. The number of fused-ring (bicyclic) bond motifs is 1. The Labute approximate surface area is 211 Å². The van der Waals surface area contributed by atoms with Gasteiger partial charge in [-0.05, 0) is 30.2 Å². The van der Waals surface area contributed by atoms with E-state index in [-0.39, 0.29) is 23.2 Å². The molecule has 2 saturated heterocycles. The van der Waals surface area contributed by atoms with Crippen molar-refractivity contribution in [2.24, 2.45) is 0 Å². The molecule has 1 amide bonds. The third-order valence-electron chi connectivity index (χ3n) is 6.90. The molecule has 1 aromatic carbocycles. The van der Waals surface area contributed by atoms with Crippen molar-refractivity contribution in [2.45, 2.75) is 19.6 Å². The van der Waals surface area contributed by atoms with Crippen LogP contribution < -0.4 is 10.3 Å². The van der Waals surface area contributed by atoms with Crippen LogP contribution in [0.3, 0.4) is 0 Å². The number of pyridine rings is 2. The summed E-state index contributed by atoms with van der Waals surface area (Å²) < 4.78 is 53.1. The highest BCUT2D eigenvalue weighted by Gasteiger charge is 2.33. The van der Waals surface area contributed by atoms with Crippen LogP contribution in [-0.4, -0.2) is 73.0 Å². The van der Waals surface area contributed by atoms with E-state index in [1.807, 2.05) is 0 Å². The maximum Gasteiger partial charge on any atom is 0.416 e. The first-order valence-electron chi connectivity index (χ1n) is 12.1. The second-order valence-electron chi connectivity index (χ2n) is 9.15. The number of morpholine rings is 2. The minimum Gasteiger partial charge on any atom is -0.378 e. The number of alkyl halides is 3. The second kappa shape index (κ2) is 10.1. The van der Waals surface area contributed by atoms with Gasteiger partial charge in [-0.15, -0.1) is 0 Å². The standard InChI is InChI=1S/C26H27F3N4O4/c1-17-18(3-2-4-21(17)26(27,28)29)15-33-16-20(25(35)32-7-11-37-12-8-32)24(34)23-22(33)13-19(14-30-23)31-5-9-36-10-6-31/h2-4,13-14,16H,5-12,15H2,1H3. The lowest BCUT2D eigenvalue weighted by atomic mass is 10.0. The van der Waals surface area contributed by atoms with Gasteiger partial charge in [0.15, 0.2) is 0 Å². The van der Waals surface area contributed by atoms with Gasteiger partial charge in [0.05, 0.1) is 49.4 Å². The fourth-order valence-electron chi connectivity index (χ4n) is 4.81. The molecule has 11 heteroatoms. The summed E-state index contributed by atoms with van der Waals surface area (Å²) in [6.45, 7) is 5.33. The summed E-state index contributed by atoms with van der Waals surface area (Å²) >= 11 is 0. The Balaban J connectivity index is 1.64. The van der Waals surface area contributed by atoms with Gasteiger partial charge in [0.25, 0.3) is 5.91 Å². The van der Waals surface area contributed by atoms with Crippen LogP contribution in [0.5, 0.6) is 0 Å². The van der Waals surface area contributed by atoms with Gasteiger partial charge >= 0.3 is 6.18 Å². The molecule has 4 heterocycles. The van der Waals surface area contributed by atoms with E-state index < -0.39 is 23.1 Å². The zero-order valence-electron chi connectivity index (χ0n) is 20.4. The third kappa shape index (κ3) is 5.05. The molecule has 37 heavy (non-hydrogen) atoms. The van der Waals surface area contributed by atoms with Crippen molar-refractivity contribution in [2.75, 3.05) is 57.5 Å². The third-order valence-corrected chi connectivity index (χ3v) is 6.90. The maximum atomic E-state index is 13.6. The minimum absolute atomic E-state index is 0.0319. The average Bonchev–Trinajstić information content (AvgIpc) is 2.91. The van der Waals surface area contributed by atoms with Gasteiger partial charge < -0.3 is 23.8 Å². The number of amides is 1. The van der Waals surface area contributed by atoms with Crippen LogP contribution in [0.4, 0.5) is 18.9 Å². The van der Waals surface area contributed by atoms with Crippen molar-refractivity contribution in [1.82, 2.24) is 14.5 Å². The number of anilines is 1. The number of ether oxygens (including phenoxy) is 2. The largest absolute Gasteiger partial charge is 0.416 e. The number of nitrogens with zero attached hydrogens (tertiary/aromatic N) is 4. The molecule has 2 aromatic heterocycles. The number of hydrogen-bond acceptors (Lipinski definition) is 6. The smallest absolute Gasteiger partial charge is 0.378 e. The predicted molar refractivity (Wildman–Crippen MR) is 131 cm³/mol. The molecule has 0 atom stereocenters. The highest BCUT2D eigenvalue weighted by molar-refractivity contribution is 5.97. The summed E-state index contributed by atoms with van der Waals surface area (Å²) in [6, 6.07) is 5.85. The van der Waals surface area contributed by atoms with Crippen LogP contribution in [0, 0.1) is 6.92 Å². The predicted octanol–water partition coefficient (Wildman–Crippen LogP) is 3.08. The van der Waals surface area contributed by atoms with Crippen molar-refractivity contribution >= 4 is 22.6 Å². The van der Waals surface area contributed by atoms with E-state index >= 15 is 0 Å². The van der Waals surface area contributed by atoms with E-state index in [4.69, 9.17) is 9.47 Å². The first-order valence-corrected chi connectivity index (χ1v) is 12.1. The van der Waals surface area contributed by atoms with Crippen molar-refractivity contribution in [3.05, 3.63) is 69.1 Å². The highest BCUT2D eigenvalue weighted by Crippen LogP contribution is 2.33. The van der Waals surface area contributed by atoms with Crippen LogP contribution in [0.15, 0.2) is 41.5 Å². The van der Waals surface area contributed by atoms with E-state index in [1.54, 1.807) is 27.8 Å². The first-order chi connectivity index (χ1) is 17.7. The van der Waals surface area contributed by atoms with Gasteiger partial charge in [0.2, 0.25) is 5.43 Å². The molecule has 0 bridgehead atoms. The normalized spacial score (nSPS) is 16.9. The lowest BCUT2D eigenvalue weighted by molar-refractivity contribution is -0.138. The number of benzene rings is 1. The van der Waals surface area contributed by atoms with E-state index in [0.717, 1.165) is 11.8 Å². The molecule has 0 radical (unpaired) electrons. The molecule has 0 aliphatic carbocycles. The van der Waals surface area contributed by atoms with Gasteiger partial charge in [-0.1, -0.05) is 12.1 Å². The first kappa shape index (κ1) is 25.2. The number of halogens is 3. The fourth-order valence-corrected chi connectivity index (χ4v) is 4.81. The number of carbonyl (C=O) groups is 1. The van der Waals surface area contributed by atoms with E-state index in [0.29, 0.717) is 63.7 Å². The summed E-state index contributed by atoms with van der Waals surface area (Å²) in [4.78, 5) is 34.8. The number of carbonyl (C=O) groups excluding carboxylic acids is 1. The molecule has 0 spiro atoms. The lowest BCUT2D eigenvalue weighted by Crippen LogP contribution is -2.42. The summed E-state index contributed by atoms with van der Waals surface area (Å²) in [5.41, 5.74) is 0.568. The van der Waals surface area contributed by atoms with Crippen molar-refractivity contribution in [3.63, 3.8) is 0 Å². The van der Waals surface area contributed by atoms with E-state index in [2.05, 4.69) is 9.88 Å². The summed E-state index contributed by atoms with van der Waals surface area (Å²) in [5.74, 6) is -0.441. The summed E-state index contributed by atoms with van der Waals surface area (Å²) in [5, 5.41) is 0. The molecule has 5 rings (SSSR count). The summed E-state index contributed by atoms with van der Waals surface area (Å²) in [7, 11) is 0. The Hall–Kier alpha value is -3.44. The molecule has 196 valence electrons. The molecule has 2 fully saturated rings. The Kier molecular flexibility index (Phi) is 6.91. The van der Waals surface area contributed by atoms with Crippen LogP contribution in [0.1, 0.15) is 27.0 Å². The summed E-state index contributed by atoms with van der Waals surface area (Å²) in [6.07, 6.45) is -1.45. The fraction of sp³-hybridized carbons (Fsp3) is 0.423. The van der Waals surface area contributed by atoms with Gasteiger partial charge in [-0.25, -0.2) is 4.98 Å². The van der Waals surface area contributed by atoms with Gasteiger partial charge in [-0.3, -0.25) is 9.59 Å². The number of aromatic nitrogens is 2. The van der Waals surface area contributed by atoms with E-state index in [1.165, 1.54) is 19.2 Å². The average molecular weight is 517 g/mol. The van der Waals surface area contributed by atoms with Crippen molar-refractivity contribution < 1.29 is 27.4 Å². The van der Waals surface area contributed by atoms with Crippen molar-refractivity contribution in [1.29, 1.82) is 0 Å². The second-order valence-corrected chi connectivity index (χ2v) is 9.15. The zero-order valence-corrected chi connectivity index (χ0v) is 20.4. The topological polar surface area (TPSA) is 76.9 Å². The molecule has 8 nitrogen and oxygen atoms in total. The Morgan fingerprint density at radius 2 is 1.73 bits per heavy atom. The van der Waals surface area contributed by atoms with E-state index in [9.17, 15) is 22.8 Å². The lowest BCUT2D eigenvalue weighted by Gasteiger charge is -2.29. The van der Waals surface area contributed by atoms with Crippen LogP contribution in [-0.2, 0) is 22.2 Å². The number of rotatable bonds is 4. The number of hydrogen-bond donors (Lipinski definition) is 0. The molecule has 3 aromatic rings. The minimum atomic E-state index is -4.49. The van der Waals surface area contributed by atoms with Crippen LogP contribution in [0.25, 0.3) is 11.0 Å². The molecular weight excluding hydrogens is 489 g/mol. The molecule has 0 N–H and O–H groups in total. The Bertz CT molecular complexity index is 1380. The highest BCUT2D eigenvalue weighted by atomic mass is 19.4. The quantitative estimate of drug-likeness (QED) is 0.531. The molecular formula is C26H27F3N4O4. The molecule has 2 aliphatic rings. The van der Waals surface area contributed by atoms with Crippen LogP contribution >= 0.6 is 0 Å². The SMILES string of the molecule is Cc1c(Cn2cc(C(=O)N3CCOCC3)c(=O)c3ncc(N4CCOCC4)cc32)cccc1C(F)(F)F. The molecule has 0 unspecified atom stereocenters. The van der Waals surface area contributed by atoms with Crippen LogP contribution in [0.2, 0.25) is 0 Å². The van der Waals surface area contributed by atoms with Gasteiger partial charge in [-0.2, -0.15) is 13.2 Å². The van der Waals surface area contributed by atoms with Gasteiger partial charge in [0, 0.05) is 38.9 Å². The zero-order chi connectivity index (χ0) is 26.2. The Morgan fingerprint density at radius 3 is 2.41 bits per heavy atom.